The summed E-state index contributed by atoms with van der Waals surface area (Å²) >= 11 is 0. The maximum atomic E-state index is 14.1. The Balaban J connectivity index is 1.49. The van der Waals surface area contributed by atoms with Crippen molar-refractivity contribution in [3.63, 3.8) is 0 Å². The van der Waals surface area contributed by atoms with Gasteiger partial charge in [-0.25, -0.2) is 8.42 Å². The van der Waals surface area contributed by atoms with Crippen LogP contribution >= 0.6 is 0 Å². The summed E-state index contributed by atoms with van der Waals surface area (Å²) in [6.45, 7) is 0.456. The van der Waals surface area contributed by atoms with Crippen molar-refractivity contribution in [2.75, 3.05) is 19.4 Å². The first-order chi connectivity index (χ1) is 19.2. The van der Waals surface area contributed by atoms with E-state index in [4.69, 9.17) is 21.6 Å². The minimum Gasteiger partial charge on any atom is -0.497 e. The molecular formula is C29H30N6O4S. The maximum Gasteiger partial charge on any atom is 0.244 e. The van der Waals surface area contributed by atoms with Gasteiger partial charge in [-0.2, -0.15) is 4.31 Å². The predicted molar refractivity (Wildman–Crippen MR) is 153 cm³/mol. The number of amides is 1. The largest absolute Gasteiger partial charge is 0.497 e. The van der Waals surface area contributed by atoms with Gasteiger partial charge in [0.05, 0.1) is 24.2 Å². The van der Waals surface area contributed by atoms with E-state index in [0.717, 1.165) is 5.39 Å². The van der Waals surface area contributed by atoms with Gasteiger partial charge in [0, 0.05) is 30.5 Å². The van der Waals surface area contributed by atoms with Gasteiger partial charge in [0.1, 0.15) is 17.6 Å². The molecule has 3 aromatic carbocycles. The van der Waals surface area contributed by atoms with Gasteiger partial charge in [0.25, 0.3) is 0 Å². The van der Waals surface area contributed by atoms with Crippen molar-refractivity contribution < 1.29 is 17.9 Å². The molecule has 1 fully saturated rings. The van der Waals surface area contributed by atoms with Crippen LogP contribution in [0.4, 0.5) is 5.69 Å². The molecule has 2 heterocycles. The molecule has 0 spiro atoms. The normalized spacial score (nSPS) is 15.6. The quantitative estimate of drug-likeness (QED) is 0.162. The molecule has 4 aromatic rings. The Labute approximate surface area is 232 Å². The highest BCUT2D eigenvalue weighted by Crippen LogP contribution is 2.31. The van der Waals surface area contributed by atoms with Gasteiger partial charge in [0.2, 0.25) is 15.9 Å². The lowest BCUT2D eigenvalue weighted by atomic mass is 10.1. The second-order valence-electron chi connectivity index (χ2n) is 9.64. The Morgan fingerprint density at radius 1 is 1.10 bits per heavy atom. The second kappa shape index (κ2) is 10.9. The van der Waals surface area contributed by atoms with Gasteiger partial charge in [-0.1, -0.05) is 18.2 Å². The number of hydrogen-bond acceptors (Lipinski definition) is 7. The van der Waals surface area contributed by atoms with Gasteiger partial charge in [-0.05, 0) is 77.4 Å². The van der Waals surface area contributed by atoms with Crippen molar-refractivity contribution in [2.45, 2.75) is 30.4 Å². The average Bonchev–Trinajstić information content (AvgIpc) is 3.31. The van der Waals surface area contributed by atoms with E-state index in [1.165, 1.54) is 4.31 Å². The first-order valence-corrected chi connectivity index (χ1v) is 14.1. The molecule has 0 bridgehead atoms. The SMILES string of the molecule is COc1ccc2ccc(S(=O)(=O)N(Cc3ccccn3)[C@H]3CCN(Cc4cc(C(=N)N)ccc4N)C3=O)cc2c1. The molecule has 1 aliphatic rings. The average molecular weight is 559 g/mol. The number of amidine groups is 1. The number of nitrogens with zero attached hydrogens (tertiary/aromatic N) is 3. The standard InChI is InChI=1S/C29H30N6O4S/c1-39-24-8-5-19-6-9-25(16-21(19)15-24)40(37,38)35(18-23-4-2-3-12-33-23)27-11-13-34(29(27)36)17-22-14-20(28(31)32)7-10-26(22)30/h2-10,12,14-16,27H,11,13,17-18,30H2,1H3,(H3,31,32)/t27-/m0/s1. The summed E-state index contributed by atoms with van der Waals surface area (Å²) < 4.78 is 34.8. The number of fused-ring (bicyclic) bond motifs is 1. The Morgan fingerprint density at radius 2 is 1.90 bits per heavy atom. The van der Waals surface area contributed by atoms with E-state index < -0.39 is 16.1 Å². The molecule has 1 amide bonds. The minimum absolute atomic E-state index is 0.0640. The second-order valence-corrected chi connectivity index (χ2v) is 11.5. The van der Waals surface area contributed by atoms with Crippen LogP contribution in [0, 0.1) is 5.41 Å². The zero-order chi connectivity index (χ0) is 28.4. The van der Waals surface area contributed by atoms with E-state index in [1.807, 2.05) is 12.1 Å². The fourth-order valence-corrected chi connectivity index (χ4v) is 6.52. The Bertz CT molecular complexity index is 1690. The van der Waals surface area contributed by atoms with Crippen molar-refractivity contribution in [3.8, 4) is 5.75 Å². The van der Waals surface area contributed by atoms with Crippen molar-refractivity contribution >= 4 is 38.2 Å². The highest BCUT2D eigenvalue weighted by molar-refractivity contribution is 7.89. The molecule has 40 heavy (non-hydrogen) atoms. The molecular weight excluding hydrogens is 528 g/mol. The van der Waals surface area contributed by atoms with Crippen LogP contribution in [0.3, 0.4) is 0 Å². The number of nitrogen functional groups attached to an aromatic ring is 2. The monoisotopic (exact) mass is 558 g/mol. The van der Waals surface area contributed by atoms with E-state index in [-0.39, 0.29) is 29.7 Å². The first kappa shape index (κ1) is 27.1. The van der Waals surface area contributed by atoms with Crippen LogP contribution in [0.25, 0.3) is 10.8 Å². The number of anilines is 1. The third-order valence-corrected chi connectivity index (χ3v) is 8.95. The molecule has 0 saturated carbocycles. The summed E-state index contributed by atoms with van der Waals surface area (Å²) in [6, 6.07) is 19.7. The minimum atomic E-state index is -4.11. The Kier molecular flexibility index (Phi) is 7.42. The van der Waals surface area contributed by atoms with Crippen molar-refractivity contribution in [1.29, 1.82) is 5.41 Å². The van der Waals surface area contributed by atoms with Gasteiger partial charge < -0.3 is 21.1 Å². The van der Waals surface area contributed by atoms with Crippen molar-refractivity contribution in [2.24, 2.45) is 5.73 Å². The Hall–Kier alpha value is -4.48. The topological polar surface area (TPSA) is 156 Å². The number of likely N-dealkylation sites (tertiary alicyclic amines) is 1. The number of carbonyl (C=O) groups is 1. The van der Waals surface area contributed by atoms with Crippen LogP contribution in [0.5, 0.6) is 5.75 Å². The molecule has 0 aliphatic carbocycles. The first-order valence-electron chi connectivity index (χ1n) is 12.7. The van der Waals surface area contributed by atoms with Crippen LogP contribution in [0.2, 0.25) is 0 Å². The third kappa shape index (κ3) is 5.33. The molecule has 5 rings (SSSR count). The van der Waals surface area contributed by atoms with Crippen molar-refractivity contribution in [3.05, 3.63) is 95.8 Å². The molecule has 11 heteroatoms. The van der Waals surface area contributed by atoms with E-state index in [1.54, 1.807) is 78.9 Å². The third-order valence-electron chi connectivity index (χ3n) is 7.10. The number of carbonyl (C=O) groups excluding carboxylic acids is 1. The molecule has 10 nitrogen and oxygen atoms in total. The molecule has 1 saturated heterocycles. The van der Waals surface area contributed by atoms with E-state index >= 15 is 0 Å². The van der Waals surface area contributed by atoms with Crippen LogP contribution in [-0.4, -0.2) is 54.0 Å². The zero-order valence-electron chi connectivity index (χ0n) is 21.9. The Morgan fingerprint density at radius 3 is 2.62 bits per heavy atom. The van der Waals surface area contributed by atoms with Crippen LogP contribution in [0.15, 0.2) is 83.9 Å². The summed E-state index contributed by atoms with van der Waals surface area (Å²) in [5.74, 6) is 0.184. The number of pyridine rings is 1. The number of nitrogens with two attached hydrogens (primary N) is 2. The number of methoxy groups -OCH3 is 1. The van der Waals surface area contributed by atoms with E-state index in [9.17, 15) is 13.2 Å². The number of benzene rings is 3. The number of nitrogens with one attached hydrogen (secondary N) is 1. The lowest BCUT2D eigenvalue weighted by Gasteiger charge is -2.27. The molecule has 1 aromatic heterocycles. The zero-order valence-corrected chi connectivity index (χ0v) is 22.8. The number of hydrogen-bond donors (Lipinski definition) is 3. The molecule has 0 radical (unpaired) electrons. The summed E-state index contributed by atoms with van der Waals surface area (Å²) in [6.07, 6.45) is 1.90. The summed E-state index contributed by atoms with van der Waals surface area (Å²) in [5.41, 5.74) is 13.9. The summed E-state index contributed by atoms with van der Waals surface area (Å²) in [7, 11) is -2.56. The van der Waals surface area contributed by atoms with E-state index in [0.29, 0.717) is 46.6 Å². The molecule has 0 unspecified atom stereocenters. The lowest BCUT2D eigenvalue weighted by Crippen LogP contribution is -2.44. The fraction of sp³-hybridized carbons (Fsp3) is 0.207. The van der Waals surface area contributed by atoms with Crippen LogP contribution in [-0.2, 0) is 27.9 Å². The summed E-state index contributed by atoms with van der Waals surface area (Å²) in [4.78, 5) is 19.7. The number of aromatic nitrogens is 1. The highest BCUT2D eigenvalue weighted by atomic mass is 32.2. The van der Waals surface area contributed by atoms with Crippen LogP contribution < -0.4 is 16.2 Å². The maximum absolute atomic E-state index is 14.1. The molecule has 1 aliphatic heterocycles. The van der Waals surface area contributed by atoms with Gasteiger partial charge >= 0.3 is 0 Å². The fourth-order valence-electron chi connectivity index (χ4n) is 4.90. The molecule has 1 atom stereocenters. The van der Waals surface area contributed by atoms with Gasteiger partial charge in [0.15, 0.2) is 0 Å². The molecule has 206 valence electrons. The smallest absolute Gasteiger partial charge is 0.244 e. The predicted octanol–water partition coefficient (Wildman–Crippen LogP) is 3.10. The van der Waals surface area contributed by atoms with Gasteiger partial charge in [-0.3, -0.25) is 15.2 Å². The lowest BCUT2D eigenvalue weighted by molar-refractivity contribution is -0.131. The van der Waals surface area contributed by atoms with Gasteiger partial charge in [-0.15, -0.1) is 0 Å². The van der Waals surface area contributed by atoms with E-state index in [2.05, 4.69) is 4.98 Å². The summed E-state index contributed by atoms with van der Waals surface area (Å²) in [5, 5.41) is 9.29. The highest BCUT2D eigenvalue weighted by Gasteiger charge is 2.42. The van der Waals surface area contributed by atoms with Crippen molar-refractivity contribution in [1.82, 2.24) is 14.2 Å². The number of ether oxygens (including phenoxy) is 1. The number of rotatable bonds is 9. The molecule has 5 N–H and O–H groups in total. The van der Waals surface area contributed by atoms with Crippen LogP contribution in [0.1, 0.15) is 23.2 Å². The number of sulfonamides is 1.